The molecule has 0 unspecified atom stereocenters. The zero-order valence-corrected chi connectivity index (χ0v) is 18.7. The minimum atomic E-state index is -0.180. The molecular weight excluding hydrogens is 424 g/mol. The Morgan fingerprint density at radius 1 is 1.19 bits per heavy atom. The Kier molecular flexibility index (Phi) is 5.53. The van der Waals surface area contributed by atoms with Gasteiger partial charge in [0.15, 0.2) is 5.82 Å². The number of nitrogens with zero attached hydrogens (tertiary/aromatic N) is 5. The number of nitrogens with one attached hydrogen (secondary N) is 1. The Bertz CT molecular complexity index is 1310. The van der Waals surface area contributed by atoms with Crippen LogP contribution >= 0.6 is 11.6 Å². The Morgan fingerprint density at radius 3 is 2.84 bits per heavy atom. The van der Waals surface area contributed by atoms with Crippen molar-refractivity contribution < 1.29 is 0 Å². The van der Waals surface area contributed by atoms with Crippen LogP contribution in [0.2, 0.25) is 5.02 Å². The first-order valence-electron chi connectivity index (χ1n) is 10.9. The molecule has 0 spiro atoms. The number of aromatic amines is 1. The molecule has 1 saturated heterocycles. The number of H-pyrrole nitrogens is 1. The SMILES string of the molecule is CC1(c2cccc(Cl)c2)CCN(CCc2cnn(-c3nccc4c(=O)[nH]cnc34)c2)CC1. The fourth-order valence-electron chi connectivity index (χ4n) is 4.47. The molecule has 0 amide bonds. The van der Waals surface area contributed by atoms with Gasteiger partial charge in [-0.1, -0.05) is 30.7 Å². The fourth-order valence-corrected chi connectivity index (χ4v) is 4.66. The number of piperidine rings is 1. The van der Waals surface area contributed by atoms with Crippen LogP contribution in [0.25, 0.3) is 16.7 Å². The topological polar surface area (TPSA) is 79.7 Å². The molecule has 0 atom stereocenters. The zero-order valence-electron chi connectivity index (χ0n) is 18.0. The Morgan fingerprint density at radius 2 is 2.03 bits per heavy atom. The highest BCUT2D eigenvalue weighted by molar-refractivity contribution is 6.30. The van der Waals surface area contributed by atoms with Crippen molar-refractivity contribution in [1.82, 2.24) is 29.6 Å². The minimum absolute atomic E-state index is 0.178. The second-order valence-electron chi connectivity index (χ2n) is 8.72. The van der Waals surface area contributed by atoms with E-state index in [1.165, 1.54) is 11.9 Å². The summed E-state index contributed by atoms with van der Waals surface area (Å²) in [5.41, 5.74) is 3.01. The van der Waals surface area contributed by atoms with E-state index < -0.39 is 0 Å². The maximum absolute atomic E-state index is 12.0. The zero-order chi connectivity index (χ0) is 22.1. The lowest BCUT2D eigenvalue weighted by Gasteiger charge is -2.40. The van der Waals surface area contributed by atoms with Crippen LogP contribution in [-0.4, -0.2) is 49.3 Å². The van der Waals surface area contributed by atoms with Crippen LogP contribution in [-0.2, 0) is 11.8 Å². The predicted molar refractivity (Wildman–Crippen MR) is 125 cm³/mol. The van der Waals surface area contributed by atoms with Crippen LogP contribution in [0.5, 0.6) is 0 Å². The number of likely N-dealkylation sites (tertiary alicyclic amines) is 1. The van der Waals surface area contributed by atoms with Crippen molar-refractivity contribution in [2.24, 2.45) is 0 Å². The van der Waals surface area contributed by atoms with Gasteiger partial charge in [-0.15, -0.1) is 0 Å². The Balaban J connectivity index is 1.23. The van der Waals surface area contributed by atoms with Crippen LogP contribution in [0.15, 0.2) is 60.0 Å². The molecule has 7 nitrogen and oxygen atoms in total. The molecule has 1 N–H and O–H groups in total. The first-order chi connectivity index (χ1) is 15.5. The molecule has 1 fully saturated rings. The van der Waals surface area contributed by atoms with E-state index in [9.17, 15) is 4.79 Å². The quantitative estimate of drug-likeness (QED) is 0.503. The maximum atomic E-state index is 12.0. The van der Waals surface area contributed by atoms with E-state index in [-0.39, 0.29) is 11.0 Å². The molecule has 164 valence electrons. The highest BCUT2D eigenvalue weighted by atomic mass is 35.5. The summed E-state index contributed by atoms with van der Waals surface area (Å²) >= 11 is 6.21. The molecule has 1 aliphatic rings. The van der Waals surface area contributed by atoms with Crippen molar-refractivity contribution in [3.8, 4) is 5.82 Å². The van der Waals surface area contributed by atoms with Gasteiger partial charge < -0.3 is 9.88 Å². The van der Waals surface area contributed by atoms with Gasteiger partial charge in [0.25, 0.3) is 5.56 Å². The van der Waals surface area contributed by atoms with Crippen LogP contribution in [0.1, 0.15) is 30.9 Å². The van der Waals surface area contributed by atoms with E-state index in [1.54, 1.807) is 16.9 Å². The third kappa shape index (κ3) is 4.06. The van der Waals surface area contributed by atoms with Crippen molar-refractivity contribution in [2.45, 2.75) is 31.6 Å². The summed E-state index contributed by atoms with van der Waals surface area (Å²) in [6, 6.07) is 9.95. The predicted octanol–water partition coefficient (Wildman–Crippen LogP) is 3.75. The van der Waals surface area contributed by atoms with E-state index in [2.05, 4.69) is 44.0 Å². The molecule has 8 heteroatoms. The second kappa shape index (κ2) is 8.48. The van der Waals surface area contributed by atoms with E-state index in [4.69, 9.17) is 11.6 Å². The third-order valence-corrected chi connectivity index (χ3v) is 6.82. The average Bonchev–Trinajstić information content (AvgIpc) is 3.28. The number of fused-ring (bicyclic) bond motifs is 1. The number of halogens is 1. The molecule has 1 aliphatic heterocycles. The molecule has 3 aromatic heterocycles. The van der Waals surface area contributed by atoms with Crippen molar-refractivity contribution in [1.29, 1.82) is 0 Å². The molecule has 0 bridgehead atoms. The van der Waals surface area contributed by atoms with Crippen LogP contribution in [0, 0.1) is 0 Å². The molecular formula is C24H25ClN6O. The second-order valence-corrected chi connectivity index (χ2v) is 9.15. The number of pyridine rings is 1. The monoisotopic (exact) mass is 448 g/mol. The van der Waals surface area contributed by atoms with Gasteiger partial charge in [0.1, 0.15) is 5.52 Å². The summed E-state index contributed by atoms with van der Waals surface area (Å²) in [7, 11) is 0. The molecule has 4 aromatic rings. The minimum Gasteiger partial charge on any atom is -0.313 e. The highest BCUT2D eigenvalue weighted by Crippen LogP contribution is 2.36. The number of benzene rings is 1. The number of aromatic nitrogens is 5. The number of hydrogen-bond donors (Lipinski definition) is 1. The Labute approximate surface area is 191 Å². The summed E-state index contributed by atoms with van der Waals surface area (Å²) in [5.74, 6) is 0.565. The highest BCUT2D eigenvalue weighted by Gasteiger charge is 2.31. The molecule has 32 heavy (non-hydrogen) atoms. The lowest BCUT2D eigenvalue weighted by molar-refractivity contribution is 0.170. The molecule has 1 aromatic carbocycles. The summed E-state index contributed by atoms with van der Waals surface area (Å²) in [4.78, 5) is 25.8. The standard InChI is InChI=1S/C24H25ClN6O/c1-24(18-3-2-4-19(25)13-18)7-11-30(12-8-24)10-6-17-14-29-31(15-17)22-21-20(5-9-26-22)23(32)28-16-27-21/h2-5,9,13-16H,6-8,10-12H2,1H3,(H,27,28,32). The first-order valence-corrected chi connectivity index (χ1v) is 11.2. The Hall–Kier alpha value is -3.03. The molecule has 5 rings (SSSR count). The molecule has 0 saturated carbocycles. The van der Waals surface area contributed by atoms with Gasteiger partial charge in [0, 0.05) is 24.0 Å². The van der Waals surface area contributed by atoms with Crippen LogP contribution in [0.3, 0.4) is 0 Å². The van der Waals surface area contributed by atoms with Crippen molar-refractivity contribution in [2.75, 3.05) is 19.6 Å². The maximum Gasteiger partial charge on any atom is 0.258 e. The van der Waals surface area contributed by atoms with Gasteiger partial charge in [0.2, 0.25) is 0 Å². The fraction of sp³-hybridized carbons (Fsp3) is 0.333. The van der Waals surface area contributed by atoms with E-state index in [1.807, 2.05) is 24.5 Å². The molecule has 0 aliphatic carbocycles. The van der Waals surface area contributed by atoms with E-state index in [0.717, 1.165) is 49.5 Å². The molecule has 4 heterocycles. The summed E-state index contributed by atoms with van der Waals surface area (Å²) < 4.78 is 1.70. The normalized spacial score (nSPS) is 16.4. The number of rotatable bonds is 5. The lowest BCUT2D eigenvalue weighted by Crippen LogP contribution is -2.41. The lowest BCUT2D eigenvalue weighted by atomic mass is 9.74. The van der Waals surface area contributed by atoms with Gasteiger partial charge in [-0.3, -0.25) is 4.79 Å². The summed E-state index contributed by atoms with van der Waals surface area (Å²) in [6.07, 6.45) is 10.00. The first kappa shape index (κ1) is 20.8. The third-order valence-electron chi connectivity index (χ3n) is 6.59. The smallest absolute Gasteiger partial charge is 0.258 e. The summed E-state index contributed by atoms with van der Waals surface area (Å²) in [5, 5.41) is 5.79. The van der Waals surface area contributed by atoms with Gasteiger partial charge in [-0.25, -0.2) is 14.6 Å². The largest absolute Gasteiger partial charge is 0.313 e. The van der Waals surface area contributed by atoms with Crippen LogP contribution < -0.4 is 5.56 Å². The van der Waals surface area contributed by atoms with E-state index in [0.29, 0.717) is 16.7 Å². The average molecular weight is 449 g/mol. The van der Waals surface area contributed by atoms with Crippen molar-refractivity contribution in [3.63, 3.8) is 0 Å². The number of hydrogen-bond acceptors (Lipinski definition) is 5. The van der Waals surface area contributed by atoms with Gasteiger partial charge in [-0.05, 0) is 67.1 Å². The van der Waals surface area contributed by atoms with Gasteiger partial charge in [0.05, 0.1) is 17.9 Å². The summed E-state index contributed by atoms with van der Waals surface area (Å²) in [6.45, 7) is 5.46. The van der Waals surface area contributed by atoms with Crippen molar-refractivity contribution >= 4 is 22.5 Å². The van der Waals surface area contributed by atoms with E-state index >= 15 is 0 Å². The van der Waals surface area contributed by atoms with Crippen LogP contribution in [0.4, 0.5) is 0 Å². The van der Waals surface area contributed by atoms with Crippen molar-refractivity contribution in [3.05, 3.63) is 81.8 Å². The molecule has 0 radical (unpaired) electrons. The van der Waals surface area contributed by atoms with Gasteiger partial charge >= 0.3 is 0 Å². The van der Waals surface area contributed by atoms with Gasteiger partial charge in [-0.2, -0.15) is 5.10 Å².